The van der Waals surface area contributed by atoms with Gasteiger partial charge in [0.2, 0.25) is 0 Å². The van der Waals surface area contributed by atoms with E-state index >= 15 is 0 Å². The predicted molar refractivity (Wildman–Crippen MR) is 72.5 cm³/mol. The first kappa shape index (κ1) is 10.7. The number of nitrogens with zero attached hydrogens (tertiary/aromatic N) is 1. The van der Waals surface area contributed by atoms with Crippen molar-refractivity contribution in [1.82, 2.24) is 9.97 Å². The van der Waals surface area contributed by atoms with E-state index in [4.69, 9.17) is 0 Å². The van der Waals surface area contributed by atoms with Gasteiger partial charge in [-0.2, -0.15) is 0 Å². The Hall–Kier alpha value is -2.42. The van der Waals surface area contributed by atoms with E-state index in [9.17, 15) is 4.79 Å². The van der Waals surface area contributed by atoms with Gasteiger partial charge >= 0.3 is 0 Å². The second kappa shape index (κ2) is 4.11. The van der Waals surface area contributed by atoms with E-state index < -0.39 is 0 Å². The highest BCUT2D eigenvalue weighted by Crippen LogP contribution is 2.18. The van der Waals surface area contributed by atoms with E-state index in [1.807, 2.05) is 49.4 Å². The summed E-state index contributed by atoms with van der Waals surface area (Å²) in [5.74, 6) is 0. The number of pyridine rings is 2. The molecule has 0 aliphatic heterocycles. The number of aryl methyl sites for hydroxylation is 1. The smallest absolute Gasteiger partial charge is 0.257 e. The maximum absolute atomic E-state index is 12.0. The number of hydrogen-bond acceptors (Lipinski definition) is 2. The Labute approximate surface area is 104 Å². The molecule has 0 bridgehead atoms. The Morgan fingerprint density at radius 2 is 1.89 bits per heavy atom. The Morgan fingerprint density at radius 3 is 2.67 bits per heavy atom. The van der Waals surface area contributed by atoms with Crippen LogP contribution in [0.3, 0.4) is 0 Å². The molecule has 0 fully saturated rings. The number of H-pyrrole nitrogens is 1. The first-order valence-corrected chi connectivity index (χ1v) is 5.79. The second-order valence-corrected chi connectivity index (χ2v) is 4.32. The molecule has 0 saturated carbocycles. The van der Waals surface area contributed by atoms with Gasteiger partial charge in [0.1, 0.15) is 5.65 Å². The van der Waals surface area contributed by atoms with Crippen LogP contribution in [0.2, 0.25) is 0 Å². The molecule has 0 radical (unpaired) electrons. The third-order valence-corrected chi connectivity index (χ3v) is 2.98. The van der Waals surface area contributed by atoms with Crippen molar-refractivity contribution in [2.45, 2.75) is 6.92 Å². The maximum Gasteiger partial charge on any atom is 0.257 e. The highest BCUT2D eigenvalue weighted by molar-refractivity contribution is 5.80. The summed E-state index contributed by atoms with van der Waals surface area (Å²) in [6.07, 6.45) is 1.67. The van der Waals surface area contributed by atoms with Gasteiger partial charge in [-0.3, -0.25) is 4.79 Å². The molecule has 88 valence electrons. The minimum absolute atomic E-state index is 0.106. The molecule has 1 N–H and O–H groups in total. The molecular weight excluding hydrogens is 224 g/mol. The minimum atomic E-state index is -0.106. The number of aromatic amines is 1. The summed E-state index contributed by atoms with van der Waals surface area (Å²) in [4.78, 5) is 19.0. The zero-order valence-corrected chi connectivity index (χ0v) is 9.97. The molecule has 1 aromatic carbocycles. The molecule has 3 aromatic rings. The molecule has 0 unspecified atom stereocenters. The SMILES string of the molecule is Cc1ccc(-c2cc3cccnc3[nH]c2=O)cc1. The van der Waals surface area contributed by atoms with E-state index in [2.05, 4.69) is 9.97 Å². The summed E-state index contributed by atoms with van der Waals surface area (Å²) in [6, 6.07) is 13.6. The van der Waals surface area contributed by atoms with Crippen molar-refractivity contribution < 1.29 is 0 Å². The predicted octanol–water partition coefficient (Wildman–Crippen LogP) is 2.90. The first-order valence-electron chi connectivity index (χ1n) is 5.79. The maximum atomic E-state index is 12.0. The van der Waals surface area contributed by atoms with Gasteiger partial charge in [-0.25, -0.2) is 4.98 Å². The van der Waals surface area contributed by atoms with Gasteiger partial charge in [0, 0.05) is 17.1 Å². The van der Waals surface area contributed by atoms with Crippen molar-refractivity contribution in [2.75, 3.05) is 0 Å². The molecule has 0 aliphatic rings. The Bertz CT molecular complexity index is 757. The van der Waals surface area contributed by atoms with E-state index in [-0.39, 0.29) is 5.56 Å². The monoisotopic (exact) mass is 236 g/mol. The number of benzene rings is 1. The Morgan fingerprint density at radius 1 is 1.11 bits per heavy atom. The highest BCUT2D eigenvalue weighted by Gasteiger charge is 2.05. The molecule has 2 heterocycles. The van der Waals surface area contributed by atoms with Gasteiger partial charge < -0.3 is 4.98 Å². The molecule has 0 saturated heterocycles. The van der Waals surface area contributed by atoms with Gasteiger partial charge in [-0.1, -0.05) is 29.8 Å². The number of fused-ring (bicyclic) bond motifs is 1. The van der Waals surface area contributed by atoms with Crippen LogP contribution in [0.1, 0.15) is 5.56 Å². The van der Waals surface area contributed by atoms with Gasteiger partial charge in [0.05, 0.1) is 0 Å². The molecule has 3 heteroatoms. The van der Waals surface area contributed by atoms with Gasteiger partial charge in [0.25, 0.3) is 5.56 Å². The third kappa shape index (κ3) is 1.80. The molecule has 0 aliphatic carbocycles. The van der Waals surface area contributed by atoms with Gasteiger partial charge in [0.15, 0.2) is 0 Å². The van der Waals surface area contributed by atoms with Crippen LogP contribution in [0.4, 0.5) is 0 Å². The van der Waals surface area contributed by atoms with Crippen LogP contribution in [-0.4, -0.2) is 9.97 Å². The van der Waals surface area contributed by atoms with Crippen LogP contribution in [0, 0.1) is 6.92 Å². The van der Waals surface area contributed by atoms with Crippen LogP contribution in [0.15, 0.2) is 53.5 Å². The van der Waals surface area contributed by atoms with E-state index in [0.717, 1.165) is 10.9 Å². The largest absolute Gasteiger partial charge is 0.306 e. The van der Waals surface area contributed by atoms with E-state index in [1.54, 1.807) is 6.20 Å². The molecule has 3 nitrogen and oxygen atoms in total. The zero-order valence-electron chi connectivity index (χ0n) is 9.97. The quantitative estimate of drug-likeness (QED) is 0.706. The highest BCUT2D eigenvalue weighted by atomic mass is 16.1. The lowest BCUT2D eigenvalue weighted by Crippen LogP contribution is -2.09. The standard InChI is InChI=1S/C15H12N2O/c1-10-4-6-11(7-5-10)13-9-12-3-2-8-16-14(12)17-15(13)18/h2-9H,1H3,(H,16,17,18). The van der Waals surface area contributed by atoms with Crippen molar-refractivity contribution in [3.05, 3.63) is 64.6 Å². The van der Waals surface area contributed by atoms with Crippen molar-refractivity contribution in [3.63, 3.8) is 0 Å². The lowest BCUT2D eigenvalue weighted by atomic mass is 10.0. The first-order chi connectivity index (χ1) is 8.74. The van der Waals surface area contributed by atoms with Gasteiger partial charge in [-0.05, 0) is 30.7 Å². The van der Waals surface area contributed by atoms with Crippen LogP contribution >= 0.6 is 0 Å². The van der Waals surface area contributed by atoms with Crippen LogP contribution in [0.25, 0.3) is 22.2 Å². The van der Waals surface area contributed by atoms with E-state index in [1.165, 1.54) is 5.56 Å². The molecule has 2 aromatic heterocycles. The lowest BCUT2D eigenvalue weighted by molar-refractivity contribution is 1.23. The normalized spacial score (nSPS) is 10.7. The molecule has 0 spiro atoms. The van der Waals surface area contributed by atoms with E-state index in [0.29, 0.717) is 11.2 Å². The number of rotatable bonds is 1. The summed E-state index contributed by atoms with van der Waals surface area (Å²) in [6.45, 7) is 2.03. The molecule has 0 atom stereocenters. The molecule has 18 heavy (non-hydrogen) atoms. The number of aromatic nitrogens is 2. The fraction of sp³-hybridized carbons (Fsp3) is 0.0667. The number of nitrogens with one attached hydrogen (secondary N) is 1. The zero-order chi connectivity index (χ0) is 12.5. The fourth-order valence-electron chi connectivity index (χ4n) is 1.98. The van der Waals surface area contributed by atoms with Crippen molar-refractivity contribution in [1.29, 1.82) is 0 Å². The van der Waals surface area contributed by atoms with Crippen LogP contribution in [0.5, 0.6) is 0 Å². The van der Waals surface area contributed by atoms with Crippen LogP contribution < -0.4 is 5.56 Å². The molecule has 0 amide bonds. The molecular formula is C15H12N2O. The summed E-state index contributed by atoms with van der Waals surface area (Å²) in [7, 11) is 0. The Balaban J connectivity index is 2.26. The third-order valence-electron chi connectivity index (χ3n) is 2.98. The average Bonchev–Trinajstić information content (AvgIpc) is 2.39. The summed E-state index contributed by atoms with van der Waals surface area (Å²) >= 11 is 0. The van der Waals surface area contributed by atoms with Crippen molar-refractivity contribution >= 4 is 11.0 Å². The lowest BCUT2D eigenvalue weighted by Gasteiger charge is -2.03. The topological polar surface area (TPSA) is 45.8 Å². The van der Waals surface area contributed by atoms with Gasteiger partial charge in [-0.15, -0.1) is 0 Å². The fourth-order valence-corrected chi connectivity index (χ4v) is 1.98. The second-order valence-electron chi connectivity index (χ2n) is 4.32. The van der Waals surface area contributed by atoms with Crippen LogP contribution in [-0.2, 0) is 0 Å². The average molecular weight is 236 g/mol. The molecule has 3 rings (SSSR count). The van der Waals surface area contributed by atoms with Crippen molar-refractivity contribution in [2.24, 2.45) is 0 Å². The summed E-state index contributed by atoms with van der Waals surface area (Å²) in [5.41, 5.74) is 3.30. The number of hydrogen-bond donors (Lipinski definition) is 1. The Kier molecular flexibility index (Phi) is 2.45. The minimum Gasteiger partial charge on any atom is -0.306 e. The summed E-state index contributed by atoms with van der Waals surface area (Å²) < 4.78 is 0. The summed E-state index contributed by atoms with van der Waals surface area (Å²) in [5, 5.41) is 0.938. The van der Waals surface area contributed by atoms with Crippen molar-refractivity contribution in [3.8, 4) is 11.1 Å².